The van der Waals surface area contributed by atoms with E-state index >= 15 is 0 Å². The molecule has 0 saturated heterocycles. The van der Waals surface area contributed by atoms with Gasteiger partial charge in [0, 0.05) is 34.0 Å². The quantitative estimate of drug-likeness (QED) is 0.199. The molecule has 0 N–H and O–H groups in total. The van der Waals surface area contributed by atoms with Crippen molar-refractivity contribution in [3.05, 3.63) is 145 Å². The molecule has 4 heteroatoms. The maximum absolute atomic E-state index is 4.92. The third-order valence-electron chi connectivity index (χ3n) is 9.13. The summed E-state index contributed by atoms with van der Waals surface area (Å²) in [6.45, 7) is 4.36. The smallest absolute Gasteiger partial charge is 0.117 e. The first-order valence-corrected chi connectivity index (χ1v) is 16.7. The van der Waals surface area contributed by atoms with Crippen LogP contribution in [0.2, 0.25) is 0 Å². The van der Waals surface area contributed by atoms with Crippen molar-refractivity contribution in [2.45, 2.75) is 19.4 Å². The van der Waals surface area contributed by atoms with E-state index in [-0.39, 0.29) is 5.54 Å². The zero-order chi connectivity index (χ0) is 30.8. The fourth-order valence-electron chi connectivity index (χ4n) is 6.92. The summed E-state index contributed by atoms with van der Waals surface area (Å²) in [6.07, 6.45) is 2.02. The number of aliphatic imine (C=N–C) groups is 1. The van der Waals surface area contributed by atoms with Crippen LogP contribution in [0.25, 0.3) is 71.3 Å². The van der Waals surface area contributed by atoms with Crippen molar-refractivity contribution in [3.63, 3.8) is 0 Å². The normalized spacial score (nSPS) is 14.4. The number of pyridine rings is 1. The Morgan fingerprint density at radius 3 is 2.11 bits per heavy atom. The Labute approximate surface area is 272 Å². The highest BCUT2D eigenvalue weighted by atomic mass is 32.2. The molecule has 3 heterocycles. The lowest BCUT2D eigenvalue weighted by Gasteiger charge is -2.12. The SMILES string of the molecule is CC1(C)CSC(c2ccc(-c3cc4c(c5ccccc35)c3ccc(-c5ccc6ccccc6c5)cc3n4-c3ccccc3)cn2)=N1. The van der Waals surface area contributed by atoms with E-state index in [1.54, 1.807) is 11.8 Å². The topological polar surface area (TPSA) is 30.2 Å². The Morgan fingerprint density at radius 1 is 0.609 bits per heavy atom. The van der Waals surface area contributed by atoms with Crippen LogP contribution in [0.5, 0.6) is 0 Å². The molecule has 0 aliphatic carbocycles. The molecular formula is C42H31N3S. The third-order valence-corrected chi connectivity index (χ3v) is 10.6. The summed E-state index contributed by atoms with van der Waals surface area (Å²) in [5, 5.41) is 8.53. The zero-order valence-electron chi connectivity index (χ0n) is 25.7. The number of rotatable bonds is 4. The average molecular weight is 610 g/mol. The number of thioether (sulfide) groups is 1. The van der Waals surface area contributed by atoms with E-state index in [0.29, 0.717) is 0 Å². The number of aromatic nitrogens is 2. The number of benzene rings is 6. The van der Waals surface area contributed by atoms with Gasteiger partial charge < -0.3 is 4.57 Å². The van der Waals surface area contributed by atoms with Crippen LogP contribution in [-0.2, 0) is 0 Å². The molecular weight excluding hydrogens is 579 g/mol. The molecule has 46 heavy (non-hydrogen) atoms. The third kappa shape index (κ3) is 4.44. The van der Waals surface area contributed by atoms with Crippen molar-refractivity contribution in [2.75, 3.05) is 5.75 Å². The second-order valence-electron chi connectivity index (χ2n) is 12.8. The predicted octanol–water partition coefficient (Wildman–Crippen LogP) is 11.1. The predicted molar refractivity (Wildman–Crippen MR) is 198 cm³/mol. The van der Waals surface area contributed by atoms with E-state index in [4.69, 9.17) is 9.98 Å². The first-order valence-electron chi connectivity index (χ1n) is 15.8. The first kappa shape index (κ1) is 27.1. The molecule has 6 aromatic carbocycles. The van der Waals surface area contributed by atoms with Crippen LogP contribution in [0.1, 0.15) is 19.5 Å². The minimum Gasteiger partial charge on any atom is -0.309 e. The summed E-state index contributed by atoms with van der Waals surface area (Å²) >= 11 is 1.79. The van der Waals surface area contributed by atoms with Gasteiger partial charge in [0.05, 0.1) is 22.3 Å². The maximum atomic E-state index is 4.92. The minimum absolute atomic E-state index is 0.0411. The van der Waals surface area contributed by atoms with Gasteiger partial charge in [-0.15, -0.1) is 11.8 Å². The van der Waals surface area contributed by atoms with Gasteiger partial charge in [0.15, 0.2) is 0 Å². The van der Waals surface area contributed by atoms with Gasteiger partial charge in [-0.2, -0.15) is 0 Å². The summed E-state index contributed by atoms with van der Waals surface area (Å²) in [5.41, 5.74) is 9.14. The Morgan fingerprint density at radius 2 is 1.33 bits per heavy atom. The average Bonchev–Trinajstić information content (AvgIpc) is 3.64. The largest absolute Gasteiger partial charge is 0.309 e. The van der Waals surface area contributed by atoms with Gasteiger partial charge in [-0.3, -0.25) is 9.98 Å². The Hall–Kier alpha value is -5.19. The Bertz CT molecular complexity index is 2490. The van der Waals surface area contributed by atoms with Crippen LogP contribution in [-0.4, -0.2) is 25.9 Å². The van der Waals surface area contributed by atoms with Crippen LogP contribution < -0.4 is 0 Å². The highest BCUT2D eigenvalue weighted by molar-refractivity contribution is 8.14. The number of nitrogens with zero attached hydrogens (tertiary/aromatic N) is 3. The molecule has 0 saturated carbocycles. The van der Waals surface area contributed by atoms with Gasteiger partial charge in [-0.25, -0.2) is 0 Å². The molecule has 0 bridgehead atoms. The van der Waals surface area contributed by atoms with E-state index in [2.05, 4.69) is 152 Å². The molecule has 1 aliphatic rings. The second-order valence-corrected chi connectivity index (χ2v) is 13.7. The summed E-state index contributed by atoms with van der Waals surface area (Å²) in [7, 11) is 0. The van der Waals surface area contributed by atoms with Crippen LogP contribution in [0.3, 0.4) is 0 Å². The molecule has 1 aliphatic heterocycles. The van der Waals surface area contributed by atoms with Crippen LogP contribution in [0.4, 0.5) is 0 Å². The van der Waals surface area contributed by atoms with Gasteiger partial charge in [0.1, 0.15) is 5.04 Å². The van der Waals surface area contributed by atoms with Crippen LogP contribution >= 0.6 is 11.8 Å². The molecule has 3 nitrogen and oxygen atoms in total. The summed E-state index contributed by atoms with van der Waals surface area (Å²) in [5.74, 6) is 0.986. The van der Waals surface area contributed by atoms with Crippen LogP contribution in [0, 0.1) is 0 Å². The van der Waals surface area contributed by atoms with Gasteiger partial charge in [-0.1, -0.05) is 97.1 Å². The van der Waals surface area contributed by atoms with Crippen molar-refractivity contribution >= 4 is 60.2 Å². The monoisotopic (exact) mass is 609 g/mol. The number of fused-ring (bicyclic) bond motifs is 6. The molecule has 0 atom stereocenters. The molecule has 2 aromatic heterocycles. The van der Waals surface area contributed by atoms with Gasteiger partial charge >= 0.3 is 0 Å². The van der Waals surface area contributed by atoms with E-state index in [9.17, 15) is 0 Å². The fraction of sp³-hybridized carbons (Fsp3) is 0.0952. The highest BCUT2D eigenvalue weighted by Crippen LogP contribution is 2.42. The van der Waals surface area contributed by atoms with Gasteiger partial charge in [0.2, 0.25) is 0 Å². The van der Waals surface area contributed by atoms with Crippen molar-refractivity contribution in [2.24, 2.45) is 4.99 Å². The van der Waals surface area contributed by atoms with Gasteiger partial charge in [-0.05, 0) is 88.5 Å². The minimum atomic E-state index is -0.0411. The van der Waals surface area contributed by atoms with E-state index in [1.165, 1.54) is 60.0 Å². The summed E-state index contributed by atoms with van der Waals surface area (Å²) in [4.78, 5) is 9.83. The number of para-hydroxylation sites is 1. The fourth-order valence-corrected chi connectivity index (χ4v) is 8.05. The molecule has 8 aromatic rings. The van der Waals surface area contributed by atoms with Crippen LogP contribution in [0.15, 0.2) is 145 Å². The molecule has 0 radical (unpaired) electrons. The van der Waals surface area contributed by atoms with E-state index in [1.807, 2.05) is 6.20 Å². The Kier molecular flexibility index (Phi) is 6.16. The molecule has 220 valence electrons. The Balaban J connectivity index is 1.29. The molecule has 0 spiro atoms. The zero-order valence-corrected chi connectivity index (χ0v) is 26.6. The highest BCUT2D eigenvalue weighted by Gasteiger charge is 2.27. The van der Waals surface area contributed by atoms with Crippen molar-refractivity contribution in [3.8, 4) is 27.9 Å². The molecule has 0 fully saturated rings. The summed E-state index contributed by atoms with van der Waals surface area (Å²) in [6, 6.07) is 48.5. The molecule has 0 unspecified atom stereocenters. The second kappa shape index (κ2) is 10.4. The number of hydrogen-bond donors (Lipinski definition) is 0. The standard InChI is InChI=1S/C42H31N3S/c1-42(2)26-46-41(44-42)37-21-19-31(25-43-37)36-24-39-40(34-15-9-8-14-33(34)36)35-20-18-30(23-38(35)45(39)32-12-4-3-5-13-32)29-17-16-27-10-6-7-11-28(27)22-29/h3-25H,26H2,1-2H3. The van der Waals surface area contributed by atoms with E-state index in [0.717, 1.165) is 27.7 Å². The summed E-state index contributed by atoms with van der Waals surface area (Å²) < 4.78 is 2.43. The molecule has 9 rings (SSSR count). The van der Waals surface area contributed by atoms with Crippen molar-refractivity contribution in [1.29, 1.82) is 0 Å². The lowest BCUT2D eigenvalue weighted by molar-refractivity contribution is 0.605. The van der Waals surface area contributed by atoms with Crippen molar-refractivity contribution < 1.29 is 0 Å². The lowest BCUT2D eigenvalue weighted by Crippen LogP contribution is -2.15. The molecule has 0 amide bonds. The number of hydrogen-bond acceptors (Lipinski definition) is 3. The van der Waals surface area contributed by atoms with Crippen molar-refractivity contribution in [1.82, 2.24) is 9.55 Å². The maximum Gasteiger partial charge on any atom is 0.117 e. The van der Waals surface area contributed by atoms with E-state index < -0.39 is 0 Å². The van der Waals surface area contributed by atoms with Gasteiger partial charge in [0.25, 0.3) is 0 Å². The lowest BCUT2D eigenvalue weighted by atomic mass is 9.95. The first-order chi connectivity index (χ1) is 22.5.